The number of aromatic hydroxyl groups is 1. The van der Waals surface area contributed by atoms with Gasteiger partial charge in [0, 0.05) is 6.54 Å². The van der Waals surface area contributed by atoms with Gasteiger partial charge in [0.25, 0.3) is 0 Å². The SMILES string of the molecule is COC(=O)c1ccc(/C=C2\Oc3c(ccc(O)c3CN(CC#N)CC#N)C2=O)cc1. The number of hydrogen-bond donors (Lipinski definition) is 1. The highest BCUT2D eigenvalue weighted by molar-refractivity contribution is 6.15. The van der Waals surface area contributed by atoms with Crippen LogP contribution in [0.3, 0.4) is 0 Å². The van der Waals surface area contributed by atoms with E-state index in [1.54, 1.807) is 24.3 Å². The van der Waals surface area contributed by atoms with Gasteiger partial charge >= 0.3 is 5.97 Å². The lowest BCUT2D eigenvalue weighted by Crippen LogP contribution is -2.24. The molecule has 0 aliphatic carbocycles. The largest absolute Gasteiger partial charge is 0.507 e. The smallest absolute Gasteiger partial charge is 0.337 e. The normalized spacial score (nSPS) is 13.5. The van der Waals surface area contributed by atoms with E-state index in [1.165, 1.54) is 30.2 Å². The average Bonchev–Trinajstić information content (AvgIpc) is 3.06. The van der Waals surface area contributed by atoms with Crippen LogP contribution in [0.25, 0.3) is 6.08 Å². The van der Waals surface area contributed by atoms with Crippen molar-refractivity contribution in [1.82, 2.24) is 4.90 Å². The Hall–Kier alpha value is -4.14. The molecular weight excluding hydrogens is 386 g/mol. The highest BCUT2D eigenvalue weighted by Gasteiger charge is 2.31. The number of benzene rings is 2. The molecule has 1 N–H and O–H groups in total. The number of phenolic OH excluding ortho intramolecular Hbond substituents is 1. The van der Waals surface area contributed by atoms with Gasteiger partial charge in [0.05, 0.1) is 49.0 Å². The van der Waals surface area contributed by atoms with Crippen molar-refractivity contribution in [3.8, 4) is 23.6 Å². The van der Waals surface area contributed by atoms with Crippen LogP contribution in [0.15, 0.2) is 42.2 Å². The third kappa shape index (κ3) is 4.14. The van der Waals surface area contributed by atoms with Gasteiger partial charge in [-0.2, -0.15) is 10.5 Å². The highest BCUT2D eigenvalue weighted by atomic mass is 16.5. The van der Waals surface area contributed by atoms with Gasteiger partial charge in [-0.25, -0.2) is 4.79 Å². The van der Waals surface area contributed by atoms with Gasteiger partial charge in [-0.15, -0.1) is 0 Å². The molecular formula is C22H17N3O5. The molecule has 0 atom stereocenters. The summed E-state index contributed by atoms with van der Waals surface area (Å²) in [4.78, 5) is 25.8. The number of nitrogens with zero attached hydrogens (tertiary/aromatic N) is 3. The zero-order valence-corrected chi connectivity index (χ0v) is 16.1. The Labute approximate surface area is 172 Å². The summed E-state index contributed by atoms with van der Waals surface area (Å²) in [5.41, 5.74) is 1.63. The van der Waals surface area contributed by atoms with E-state index in [1.807, 2.05) is 12.1 Å². The molecule has 0 spiro atoms. The van der Waals surface area contributed by atoms with Crippen LogP contribution in [0.1, 0.15) is 31.8 Å². The number of carbonyl (C=O) groups excluding carboxylic acids is 2. The lowest BCUT2D eigenvalue weighted by atomic mass is 10.0. The molecule has 150 valence electrons. The molecule has 30 heavy (non-hydrogen) atoms. The van der Waals surface area contributed by atoms with Crippen LogP contribution in [-0.2, 0) is 11.3 Å². The lowest BCUT2D eigenvalue weighted by Gasteiger charge is -2.17. The van der Waals surface area contributed by atoms with Gasteiger partial charge in [-0.3, -0.25) is 9.69 Å². The van der Waals surface area contributed by atoms with Crippen molar-refractivity contribution in [3.05, 3.63) is 64.4 Å². The molecule has 0 bridgehead atoms. The van der Waals surface area contributed by atoms with E-state index >= 15 is 0 Å². The van der Waals surface area contributed by atoms with E-state index in [0.717, 1.165) is 0 Å². The van der Waals surface area contributed by atoms with E-state index in [4.69, 9.17) is 15.3 Å². The van der Waals surface area contributed by atoms with Gasteiger partial charge in [0.1, 0.15) is 11.5 Å². The quantitative estimate of drug-likeness (QED) is 0.443. The number of phenols is 1. The first-order valence-corrected chi connectivity index (χ1v) is 8.92. The maximum absolute atomic E-state index is 12.8. The second-order valence-electron chi connectivity index (χ2n) is 6.45. The fraction of sp³-hybridized carbons (Fsp3) is 0.182. The number of rotatable bonds is 6. The lowest BCUT2D eigenvalue weighted by molar-refractivity contribution is 0.0600. The summed E-state index contributed by atoms with van der Waals surface area (Å²) in [6, 6.07) is 13.2. The number of Topliss-reactive ketones (excluding diaryl/α,β-unsaturated/α-hetero) is 1. The molecule has 8 nitrogen and oxygen atoms in total. The minimum absolute atomic E-state index is 0.0140. The van der Waals surface area contributed by atoms with Crippen molar-refractivity contribution in [2.24, 2.45) is 0 Å². The Bertz CT molecular complexity index is 1090. The first kappa shape index (κ1) is 20.6. The number of esters is 1. The van der Waals surface area contributed by atoms with Gasteiger partial charge in [0.2, 0.25) is 5.78 Å². The van der Waals surface area contributed by atoms with Crippen molar-refractivity contribution in [1.29, 1.82) is 10.5 Å². The standard InChI is InChI=1S/C22H17N3O5/c1-29-22(28)15-4-2-14(3-5-15)12-19-20(27)16-6-7-18(26)17(21(16)30-19)13-25(10-8-23)11-9-24/h2-7,12,26H,10-11,13H2,1H3/b19-12-. The number of hydrogen-bond acceptors (Lipinski definition) is 8. The fourth-order valence-corrected chi connectivity index (χ4v) is 3.03. The number of ketones is 1. The molecule has 1 heterocycles. The molecule has 8 heteroatoms. The van der Waals surface area contributed by atoms with Crippen molar-refractivity contribution in [3.63, 3.8) is 0 Å². The molecule has 0 saturated carbocycles. The number of ether oxygens (including phenoxy) is 2. The molecule has 0 amide bonds. The Balaban J connectivity index is 1.91. The maximum Gasteiger partial charge on any atom is 0.337 e. The summed E-state index contributed by atoms with van der Waals surface area (Å²) in [6.07, 6.45) is 1.53. The van der Waals surface area contributed by atoms with Crippen molar-refractivity contribution in [2.45, 2.75) is 6.54 Å². The average molecular weight is 403 g/mol. The summed E-state index contributed by atoms with van der Waals surface area (Å²) in [5.74, 6) is -0.635. The summed E-state index contributed by atoms with van der Waals surface area (Å²) in [7, 11) is 1.29. The Kier molecular flexibility index (Phi) is 6.11. The van der Waals surface area contributed by atoms with Gasteiger partial charge in [0.15, 0.2) is 5.76 Å². The number of carbonyl (C=O) groups is 2. The van der Waals surface area contributed by atoms with Gasteiger partial charge in [-0.05, 0) is 35.9 Å². The highest BCUT2D eigenvalue weighted by Crippen LogP contribution is 2.40. The van der Waals surface area contributed by atoms with E-state index in [9.17, 15) is 14.7 Å². The molecule has 0 aromatic heterocycles. The molecule has 3 rings (SSSR count). The van der Waals surface area contributed by atoms with Crippen LogP contribution < -0.4 is 4.74 Å². The Morgan fingerprint density at radius 1 is 1.17 bits per heavy atom. The maximum atomic E-state index is 12.8. The fourth-order valence-electron chi connectivity index (χ4n) is 3.03. The minimum atomic E-state index is -0.464. The summed E-state index contributed by atoms with van der Waals surface area (Å²) in [5, 5.41) is 28.2. The first-order chi connectivity index (χ1) is 14.5. The van der Waals surface area contributed by atoms with Crippen molar-refractivity contribution < 1.29 is 24.2 Å². The third-order valence-corrected chi connectivity index (χ3v) is 4.52. The predicted molar refractivity (Wildman–Crippen MR) is 105 cm³/mol. The predicted octanol–water partition coefficient (Wildman–Crippen LogP) is 2.64. The van der Waals surface area contributed by atoms with Gasteiger partial charge in [-0.1, -0.05) is 12.1 Å². The molecule has 0 radical (unpaired) electrons. The summed E-state index contributed by atoms with van der Waals surface area (Å²) in [6.45, 7) is 0.0459. The summed E-state index contributed by atoms with van der Waals surface area (Å²) < 4.78 is 10.4. The van der Waals surface area contributed by atoms with E-state index in [-0.39, 0.29) is 48.2 Å². The number of fused-ring (bicyclic) bond motifs is 1. The Morgan fingerprint density at radius 3 is 2.43 bits per heavy atom. The molecule has 2 aromatic carbocycles. The topological polar surface area (TPSA) is 124 Å². The third-order valence-electron chi connectivity index (χ3n) is 4.52. The molecule has 0 saturated heterocycles. The number of methoxy groups -OCH3 is 1. The van der Waals surface area contributed by atoms with E-state index < -0.39 is 5.97 Å². The molecule has 2 aromatic rings. The molecule has 0 unspecified atom stereocenters. The van der Waals surface area contributed by atoms with Crippen LogP contribution in [0, 0.1) is 22.7 Å². The second-order valence-corrected chi connectivity index (χ2v) is 6.45. The van der Waals surface area contributed by atoms with Gasteiger partial charge < -0.3 is 14.6 Å². The Morgan fingerprint density at radius 2 is 1.83 bits per heavy atom. The molecule has 1 aliphatic rings. The first-order valence-electron chi connectivity index (χ1n) is 8.92. The monoisotopic (exact) mass is 403 g/mol. The van der Waals surface area contributed by atoms with Crippen LogP contribution in [0.4, 0.5) is 0 Å². The number of allylic oxidation sites excluding steroid dienone is 1. The van der Waals surface area contributed by atoms with E-state index in [0.29, 0.717) is 16.7 Å². The van der Waals surface area contributed by atoms with Crippen molar-refractivity contribution in [2.75, 3.05) is 20.2 Å². The molecule has 1 aliphatic heterocycles. The molecule has 0 fully saturated rings. The van der Waals surface area contributed by atoms with Crippen molar-refractivity contribution >= 4 is 17.8 Å². The van der Waals surface area contributed by atoms with Crippen LogP contribution >= 0.6 is 0 Å². The van der Waals surface area contributed by atoms with Crippen LogP contribution in [-0.4, -0.2) is 42.0 Å². The zero-order chi connectivity index (χ0) is 21.7. The minimum Gasteiger partial charge on any atom is -0.507 e. The zero-order valence-electron chi connectivity index (χ0n) is 16.1. The second kappa shape index (κ2) is 8.91. The number of nitriles is 2. The van der Waals surface area contributed by atoms with Crippen LogP contribution in [0.2, 0.25) is 0 Å². The van der Waals surface area contributed by atoms with E-state index in [2.05, 4.69) is 4.74 Å². The van der Waals surface area contributed by atoms with Crippen LogP contribution in [0.5, 0.6) is 11.5 Å². The summed E-state index contributed by atoms with van der Waals surface area (Å²) >= 11 is 0.